The lowest BCUT2D eigenvalue weighted by Gasteiger charge is -1.87. The van der Waals surface area contributed by atoms with Gasteiger partial charge in [-0.05, 0) is 0 Å². The first-order chi connectivity index (χ1) is 4.34. The largest absolute Gasteiger partial charge is 0.464 e. The van der Waals surface area contributed by atoms with E-state index in [1.165, 1.54) is 7.11 Å². The van der Waals surface area contributed by atoms with Crippen molar-refractivity contribution in [2.75, 3.05) is 7.11 Å². The Morgan fingerprint density at radius 1 is 1.89 bits per heavy atom. The van der Waals surface area contributed by atoms with E-state index in [1.54, 1.807) is 0 Å². The monoisotopic (exact) mass is 143 g/mol. The van der Waals surface area contributed by atoms with Gasteiger partial charge in [0, 0.05) is 0 Å². The summed E-state index contributed by atoms with van der Waals surface area (Å²) in [6.45, 7) is 0. The van der Waals surface area contributed by atoms with E-state index in [0.717, 1.165) is 11.3 Å². The van der Waals surface area contributed by atoms with Crippen LogP contribution < -0.4 is 0 Å². The van der Waals surface area contributed by atoms with E-state index in [-0.39, 0.29) is 5.01 Å². The summed E-state index contributed by atoms with van der Waals surface area (Å²) in [5.74, 6) is -0.464. The van der Waals surface area contributed by atoms with E-state index >= 15 is 0 Å². The average molecular weight is 143 g/mol. The van der Waals surface area contributed by atoms with Crippen LogP contribution in [0.1, 0.15) is 9.80 Å². The molecule has 5 heteroatoms. The van der Waals surface area contributed by atoms with E-state index in [1.807, 2.05) is 0 Å². The van der Waals surface area contributed by atoms with Gasteiger partial charge in [-0.2, -0.15) is 0 Å². The maximum atomic E-state index is 10.5. The number of methoxy groups -OCH3 is 1. The Balaban J connectivity index is 2.77. The van der Waals surface area contributed by atoms with Gasteiger partial charge in [0.05, 0.1) is 7.11 Å². The Bertz CT molecular complexity index is 196. The molecule has 0 aliphatic heterocycles. The van der Waals surface area contributed by atoms with Crippen LogP contribution in [0.25, 0.3) is 0 Å². The summed E-state index contributed by atoms with van der Waals surface area (Å²) in [7, 11) is 1.30. The van der Waals surface area contributed by atoms with Gasteiger partial charge in [-0.3, -0.25) is 0 Å². The minimum atomic E-state index is -0.464. The Kier molecular flexibility index (Phi) is 1.74. The molecule has 0 saturated carbocycles. The van der Waals surface area contributed by atoms with Gasteiger partial charge in [-0.15, -0.1) is 10.2 Å². The molecule has 0 fully saturated rings. The van der Waals surface area contributed by atoms with Gasteiger partial charge in [0.2, 0.25) is 5.01 Å². The highest BCUT2D eigenvalue weighted by Crippen LogP contribution is 2.00. The molecule has 0 amide bonds. The third-order valence-corrected chi connectivity index (χ3v) is 1.30. The number of rotatable bonds is 1. The minimum Gasteiger partial charge on any atom is -0.464 e. The molecule has 1 heterocycles. The van der Waals surface area contributed by atoms with Crippen LogP contribution >= 0.6 is 11.3 Å². The number of carbonyl (C=O) groups is 1. The van der Waals surface area contributed by atoms with Crippen molar-refractivity contribution in [3.8, 4) is 0 Å². The first kappa shape index (κ1) is 6.15. The smallest absolute Gasteiger partial charge is 0.369 e. The number of aromatic nitrogens is 2. The fourth-order valence-electron chi connectivity index (χ4n) is 0.320. The van der Waals surface area contributed by atoms with Gasteiger partial charge >= 0.3 is 5.97 Å². The zero-order valence-electron chi connectivity index (χ0n) is 4.62. The summed E-state index contributed by atoms with van der Waals surface area (Å²) < 4.78 is 4.34. The lowest BCUT2D eigenvalue weighted by atomic mass is 10.7. The molecule has 0 bridgehead atoms. The summed E-state index contributed by atoms with van der Waals surface area (Å²) in [6, 6.07) is 0. The predicted octanol–water partition coefficient (Wildman–Crippen LogP) is 0.125. The highest BCUT2D eigenvalue weighted by atomic mass is 32.1. The van der Waals surface area contributed by atoms with Crippen molar-refractivity contribution in [3.05, 3.63) is 10.5 Å². The summed E-state index contributed by atoms with van der Waals surface area (Å²) in [5.41, 5.74) is 2.42. The van der Waals surface area contributed by atoms with Crippen molar-refractivity contribution in [2.45, 2.75) is 0 Å². The highest BCUT2D eigenvalue weighted by Gasteiger charge is 2.07. The third-order valence-electron chi connectivity index (χ3n) is 0.684. The SMILES string of the molecule is COC(=O)c1nn[c]s1. The Morgan fingerprint density at radius 2 is 2.67 bits per heavy atom. The molecule has 0 aliphatic rings. The third kappa shape index (κ3) is 1.23. The summed E-state index contributed by atoms with van der Waals surface area (Å²) in [4.78, 5) is 10.5. The van der Waals surface area contributed by atoms with Crippen LogP contribution in [0.5, 0.6) is 0 Å². The zero-order valence-corrected chi connectivity index (χ0v) is 5.44. The second-order valence-electron chi connectivity index (χ2n) is 1.19. The van der Waals surface area contributed by atoms with Crippen molar-refractivity contribution in [2.24, 2.45) is 0 Å². The quantitative estimate of drug-likeness (QED) is 0.524. The van der Waals surface area contributed by atoms with Gasteiger partial charge in [0.1, 0.15) is 0 Å². The molecule has 1 rings (SSSR count). The van der Waals surface area contributed by atoms with Gasteiger partial charge in [0.15, 0.2) is 5.51 Å². The van der Waals surface area contributed by atoms with E-state index in [4.69, 9.17) is 0 Å². The molecule has 0 unspecified atom stereocenters. The molecule has 47 valence electrons. The van der Waals surface area contributed by atoms with Crippen molar-refractivity contribution in [1.82, 2.24) is 10.2 Å². The Hall–Kier alpha value is -0.970. The molecule has 0 N–H and O–H groups in total. The number of carbonyl (C=O) groups excluding carboxylic acids is 1. The minimum absolute atomic E-state index is 0.234. The number of ether oxygens (including phenoxy) is 1. The number of esters is 1. The zero-order chi connectivity index (χ0) is 6.69. The maximum Gasteiger partial charge on any atom is 0.369 e. The molecule has 4 nitrogen and oxygen atoms in total. The van der Waals surface area contributed by atoms with Crippen molar-refractivity contribution in [1.29, 1.82) is 0 Å². The average Bonchev–Trinajstić information content (AvgIpc) is 2.37. The van der Waals surface area contributed by atoms with E-state index in [2.05, 4.69) is 20.4 Å². The summed E-state index contributed by atoms with van der Waals surface area (Å²) in [5, 5.41) is 6.99. The number of hydrogen-bond acceptors (Lipinski definition) is 5. The van der Waals surface area contributed by atoms with Gasteiger partial charge in [0.25, 0.3) is 0 Å². The molecule has 0 aliphatic carbocycles. The molecule has 9 heavy (non-hydrogen) atoms. The number of nitrogens with zero attached hydrogens (tertiary/aromatic N) is 2. The van der Waals surface area contributed by atoms with Crippen LogP contribution in [0.2, 0.25) is 0 Å². The Labute approximate surface area is 55.5 Å². The molecule has 1 radical (unpaired) electrons. The lowest BCUT2D eigenvalue weighted by Crippen LogP contribution is -1.99. The van der Waals surface area contributed by atoms with Gasteiger partial charge < -0.3 is 4.74 Å². The van der Waals surface area contributed by atoms with E-state index < -0.39 is 5.97 Å². The van der Waals surface area contributed by atoms with Crippen LogP contribution in [-0.2, 0) is 4.74 Å². The van der Waals surface area contributed by atoms with E-state index in [0.29, 0.717) is 0 Å². The normalized spacial score (nSPS) is 9.00. The molecule has 0 spiro atoms. The first-order valence-corrected chi connectivity index (χ1v) is 2.94. The van der Waals surface area contributed by atoms with Crippen LogP contribution in [0.4, 0.5) is 0 Å². The molecule has 0 saturated heterocycles. The van der Waals surface area contributed by atoms with Gasteiger partial charge in [-0.25, -0.2) is 4.79 Å². The van der Waals surface area contributed by atoms with E-state index in [9.17, 15) is 4.79 Å². The Morgan fingerprint density at radius 3 is 3.11 bits per heavy atom. The maximum absolute atomic E-state index is 10.5. The standard InChI is InChI=1S/C4H3N2O2S/c1-8-4(7)3-6-5-2-9-3/h1H3. The van der Waals surface area contributed by atoms with Crippen LogP contribution in [-0.4, -0.2) is 23.3 Å². The molecule has 0 atom stereocenters. The lowest BCUT2D eigenvalue weighted by molar-refractivity contribution is 0.0599. The van der Waals surface area contributed by atoms with Crippen molar-refractivity contribution < 1.29 is 9.53 Å². The van der Waals surface area contributed by atoms with Crippen molar-refractivity contribution in [3.63, 3.8) is 0 Å². The fraction of sp³-hybridized carbons (Fsp3) is 0.250. The van der Waals surface area contributed by atoms with Crippen molar-refractivity contribution >= 4 is 17.3 Å². The second kappa shape index (κ2) is 2.54. The molecular formula is C4H3N2O2S. The van der Waals surface area contributed by atoms with Crippen LogP contribution in [0.3, 0.4) is 0 Å². The van der Waals surface area contributed by atoms with Crippen LogP contribution in [0.15, 0.2) is 0 Å². The second-order valence-corrected chi connectivity index (χ2v) is 1.96. The molecular weight excluding hydrogens is 140 g/mol. The summed E-state index contributed by atoms with van der Waals surface area (Å²) >= 11 is 1.03. The summed E-state index contributed by atoms with van der Waals surface area (Å²) in [6.07, 6.45) is 0. The number of hydrogen-bond donors (Lipinski definition) is 0. The van der Waals surface area contributed by atoms with Gasteiger partial charge in [-0.1, -0.05) is 11.3 Å². The highest BCUT2D eigenvalue weighted by molar-refractivity contribution is 7.10. The molecule has 1 aromatic heterocycles. The molecule has 1 aromatic rings. The predicted molar refractivity (Wildman–Crippen MR) is 30.1 cm³/mol. The fourth-order valence-corrected chi connectivity index (χ4v) is 0.736. The van der Waals surface area contributed by atoms with Crippen LogP contribution in [0, 0.1) is 5.51 Å². The molecule has 0 aromatic carbocycles. The topological polar surface area (TPSA) is 52.1 Å². The first-order valence-electron chi connectivity index (χ1n) is 2.12.